The van der Waals surface area contributed by atoms with Gasteiger partial charge in [0.1, 0.15) is 10.7 Å². The number of anilines is 1. The van der Waals surface area contributed by atoms with Gasteiger partial charge in [0.05, 0.1) is 5.02 Å². The maximum Gasteiger partial charge on any atom is 0.251 e. The smallest absolute Gasteiger partial charge is 0.251 e. The van der Waals surface area contributed by atoms with Crippen LogP contribution in [0.2, 0.25) is 5.02 Å². The summed E-state index contributed by atoms with van der Waals surface area (Å²) in [7, 11) is -3.86. The summed E-state index contributed by atoms with van der Waals surface area (Å²) in [4.78, 5) is 14.3. The first kappa shape index (κ1) is 22.5. The molecule has 1 unspecified atom stereocenters. The van der Waals surface area contributed by atoms with E-state index in [2.05, 4.69) is 5.32 Å². The Morgan fingerprint density at radius 3 is 2.37 bits per heavy atom. The van der Waals surface area contributed by atoms with Gasteiger partial charge in [-0.2, -0.15) is 4.31 Å². The lowest BCUT2D eigenvalue weighted by Gasteiger charge is -2.35. The first-order valence-corrected chi connectivity index (χ1v) is 11.6. The molecular formula is C21H25ClFN3O3S. The largest absolute Gasteiger partial charge is 0.369 e. The Morgan fingerprint density at radius 2 is 1.77 bits per heavy atom. The maximum absolute atomic E-state index is 13.2. The zero-order valence-electron chi connectivity index (χ0n) is 16.9. The summed E-state index contributed by atoms with van der Waals surface area (Å²) in [6, 6.07) is 10.4. The third kappa shape index (κ3) is 4.94. The SMILES string of the molecule is CCC(C)NC(=O)c1ccc(Cl)c(S(=O)(=O)N2CCN(c3ccc(F)cc3)CC2)c1. The number of rotatable bonds is 6. The summed E-state index contributed by atoms with van der Waals surface area (Å²) in [5.74, 6) is -0.648. The minimum Gasteiger partial charge on any atom is -0.369 e. The monoisotopic (exact) mass is 453 g/mol. The van der Waals surface area contributed by atoms with E-state index in [1.807, 2.05) is 18.7 Å². The molecule has 0 bridgehead atoms. The van der Waals surface area contributed by atoms with Crippen molar-refractivity contribution in [3.05, 3.63) is 58.9 Å². The lowest BCUT2D eigenvalue weighted by Crippen LogP contribution is -2.48. The third-order valence-electron chi connectivity index (χ3n) is 5.23. The number of hydrogen-bond acceptors (Lipinski definition) is 4. The van der Waals surface area contributed by atoms with Crippen molar-refractivity contribution in [1.29, 1.82) is 0 Å². The van der Waals surface area contributed by atoms with Gasteiger partial charge in [0.15, 0.2) is 0 Å². The molecule has 0 saturated carbocycles. The van der Waals surface area contributed by atoms with E-state index < -0.39 is 10.0 Å². The number of carbonyl (C=O) groups is 1. The Labute approximate surface area is 181 Å². The van der Waals surface area contributed by atoms with Gasteiger partial charge in [0.2, 0.25) is 10.0 Å². The summed E-state index contributed by atoms with van der Waals surface area (Å²) in [5.41, 5.74) is 1.10. The Balaban J connectivity index is 1.76. The molecule has 0 radical (unpaired) electrons. The molecule has 1 aliphatic rings. The maximum atomic E-state index is 13.2. The summed E-state index contributed by atoms with van der Waals surface area (Å²) in [5, 5.41) is 2.91. The third-order valence-corrected chi connectivity index (χ3v) is 7.61. The molecule has 2 aromatic carbocycles. The summed E-state index contributed by atoms with van der Waals surface area (Å²) in [6.45, 7) is 5.30. The predicted molar refractivity (Wildman–Crippen MR) is 116 cm³/mol. The minimum absolute atomic E-state index is 0.0206. The fourth-order valence-electron chi connectivity index (χ4n) is 3.23. The zero-order valence-corrected chi connectivity index (χ0v) is 18.5. The first-order chi connectivity index (χ1) is 14.2. The van der Waals surface area contributed by atoms with E-state index in [-0.39, 0.29) is 46.3 Å². The van der Waals surface area contributed by atoms with Crippen LogP contribution in [-0.2, 0) is 10.0 Å². The van der Waals surface area contributed by atoms with E-state index in [1.54, 1.807) is 12.1 Å². The van der Waals surface area contributed by atoms with Gasteiger partial charge in [-0.3, -0.25) is 4.79 Å². The highest BCUT2D eigenvalue weighted by molar-refractivity contribution is 7.89. The fourth-order valence-corrected chi connectivity index (χ4v) is 5.15. The molecule has 6 nitrogen and oxygen atoms in total. The van der Waals surface area contributed by atoms with Crippen molar-refractivity contribution in [2.45, 2.75) is 31.2 Å². The first-order valence-electron chi connectivity index (χ1n) is 9.83. The normalized spacial score (nSPS) is 16.3. The van der Waals surface area contributed by atoms with Crippen LogP contribution in [-0.4, -0.2) is 50.9 Å². The molecule has 3 rings (SSSR count). The molecule has 0 aliphatic carbocycles. The Morgan fingerprint density at radius 1 is 1.13 bits per heavy atom. The number of piperazine rings is 1. The topological polar surface area (TPSA) is 69.7 Å². The molecular weight excluding hydrogens is 429 g/mol. The quantitative estimate of drug-likeness (QED) is 0.726. The van der Waals surface area contributed by atoms with Gasteiger partial charge in [0, 0.05) is 43.5 Å². The molecule has 1 saturated heterocycles. The number of carbonyl (C=O) groups excluding carboxylic acids is 1. The van der Waals surface area contributed by atoms with Crippen LogP contribution in [0.15, 0.2) is 47.4 Å². The van der Waals surface area contributed by atoms with Crippen molar-refractivity contribution in [1.82, 2.24) is 9.62 Å². The van der Waals surface area contributed by atoms with Gasteiger partial charge < -0.3 is 10.2 Å². The highest BCUT2D eigenvalue weighted by Crippen LogP contribution is 2.27. The number of nitrogens with zero attached hydrogens (tertiary/aromatic N) is 2. The van der Waals surface area contributed by atoms with E-state index >= 15 is 0 Å². The number of nitrogens with one attached hydrogen (secondary N) is 1. The highest BCUT2D eigenvalue weighted by atomic mass is 35.5. The van der Waals surface area contributed by atoms with Crippen LogP contribution in [0.1, 0.15) is 30.6 Å². The number of hydrogen-bond donors (Lipinski definition) is 1. The molecule has 0 spiro atoms. The fraction of sp³-hybridized carbons (Fsp3) is 0.381. The van der Waals surface area contributed by atoms with E-state index in [9.17, 15) is 17.6 Å². The van der Waals surface area contributed by atoms with Crippen LogP contribution in [0.4, 0.5) is 10.1 Å². The van der Waals surface area contributed by atoms with Crippen molar-refractivity contribution < 1.29 is 17.6 Å². The molecule has 1 heterocycles. The van der Waals surface area contributed by atoms with Crippen molar-refractivity contribution in [2.75, 3.05) is 31.1 Å². The van der Waals surface area contributed by atoms with Crippen LogP contribution >= 0.6 is 11.6 Å². The van der Waals surface area contributed by atoms with Crippen molar-refractivity contribution in [3.8, 4) is 0 Å². The molecule has 1 amide bonds. The van der Waals surface area contributed by atoms with Crippen molar-refractivity contribution in [2.24, 2.45) is 0 Å². The number of halogens is 2. The lowest BCUT2D eigenvalue weighted by molar-refractivity contribution is 0.0939. The van der Waals surface area contributed by atoms with E-state index in [0.717, 1.165) is 12.1 Å². The molecule has 2 aromatic rings. The second-order valence-electron chi connectivity index (χ2n) is 7.30. The standard InChI is InChI=1S/C21H25ClFN3O3S/c1-3-15(2)24-21(27)16-4-9-19(22)20(14-16)30(28,29)26-12-10-25(11-13-26)18-7-5-17(23)6-8-18/h4-9,14-15H,3,10-13H2,1-2H3,(H,24,27). The molecule has 30 heavy (non-hydrogen) atoms. The van der Waals surface area contributed by atoms with Crippen molar-refractivity contribution >= 4 is 33.2 Å². The molecule has 1 atom stereocenters. The second kappa shape index (κ2) is 9.32. The summed E-state index contributed by atoms with van der Waals surface area (Å²) >= 11 is 6.19. The van der Waals surface area contributed by atoms with Gasteiger partial charge >= 0.3 is 0 Å². The van der Waals surface area contributed by atoms with Crippen LogP contribution in [0.5, 0.6) is 0 Å². The predicted octanol–water partition coefficient (Wildman–Crippen LogP) is 3.52. The molecule has 1 N–H and O–H groups in total. The Hall–Kier alpha value is -2.16. The molecule has 9 heteroatoms. The number of amides is 1. The van der Waals surface area contributed by atoms with E-state index in [1.165, 1.54) is 34.6 Å². The van der Waals surface area contributed by atoms with Gasteiger partial charge in [-0.25, -0.2) is 12.8 Å². The van der Waals surface area contributed by atoms with E-state index in [0.29, 0.717) is 13.1 Å². The van der Waals surface area contributed by atoms with Crippen LogP contribution in [0.25, 0.3) is 0 Å². The number of sulfonamides is 1. The summed E-state index contributed by atoms with van der Waals surface area (Å²) in [6.07, 6.45) is 0.767. The van der Waals surface area contributed by atoms with Crippen LogP contribution in [0.3, 0.4) is 0 Å². The summed E-state index contributed by atoms with van der Waals surface area (Å²) < 4.78 is 40.9. The highest BCUT2D eigenvalue weighted by Gasteiger charge is 2.31. The lowest BCUT2D eigenvalue weighted by atomic mass is 10.2. The average Bonchev–Trinajstić information content (AvgIpc) is 2.74. The van der Waals surface area contributed by atoms with Gasteiger partial charge in [-0.05, 0) is 55.8 Å². The molecule has 162 valence electrons. The van der Waals surface area contributed by atoms with Gasteiger partial charge in [-0.1, -0.05) is 18.5 Å². The minimum atomic E-state index is -3.86. The van der Waals surface area contributed by atoms with Crippen molar-refractivity contribution in [3.63, 3.8) is 0 Å². The second-order valence-corrected chi connectivity index (χ2v) is 9.61. The van der Waals surface area contributed by atoms with E-state index in [4.69, 9.17) is 11.6 Å². The Kier molecular flexibility index (Phi) is 7.00. The Bertz CT molecular complexity index is 1010. The average molecular weight is 454 g/mol. The van der Waals surface area contributed by atoms with Crippen LogP contribution in [0, 0.1) is 5.82 Å². The number of benzene rings is 2. The molecule has 0 aromatic heterocycles. The molecule has 1 aliphatic heterocycles. The van der Waals surface area contributed by atoms with Gasteiger partial charge in [-0.15, -0.1) is 0 Å². The van der Waals surface area contributed by atoms with Crippen LogP contribution < -0.4 is 10.2 Å². The zero-order chi connectivity index (χ0) is 21.9. The van der Waals surface area contributed by atoms with Gasteiger partial charge in [0.25, 0.3) is 5.91 Å². The molecule has 1 fully saturated rings.